The highest BCUT2D eigenvalue weighted by molar-refractivity contribution is 5.29. The molecule has 0 amide bonds. The third kappa shape index (κ3) is 4.28. The lowest BCUT2D eigenvalue weighted by atomic mass is 10.2. The van der Waals surface area contributed by atoms with Crippen LogP contribution in [0.15, 0.2) is 24.3 Å². The van der Waals surface area contributed by atoms with Crippen molar-refractivity contribution in [3.05, 3.63) is 29.8 Å². The molecule has 0 aliphatic carbocycles. The molecular formula is C12H19NO. The number of hydrogen-bond donors (Lipinski definition) is 2. The molecule has 0 aromatic heterocycles. The van der Waals surface area contributed by atoms with Crippen molar-refractivity contribution in [1.82, 2.24) is 5.32 Å². The average molecular weight is 193 g/mol. The first kappa shape index (κ1) is 11.1. The fourth-order valence-electron chi connectivity index (χ4n) is 1.37. The van der Waals surface area contributed by atoms with E-state index < -0.39 is 0 Å². The lowest BCUT2D eigenvalue weighted by Gasteiger charge is -2.08. The lowest BCUT2D eigenvalue weighted by molar-refractivity contribution is 0.471. The van der Waals surface area contributed by atoms with Gasteiger partial charge in [0.25, 0.3) is 0 Å². The van der Waals surface area contributed by atoms with Crippen molar-refractivity contribution in [3.63, 3.8) is 0 Å². The van der Waals surface area contributed by atoms with Crippen LogP contribution in [0.5, 0.6) is 5.75 Å². The number of phenols is 1. The normalized spacial score (nSPS) is 15.5. The minimum absolute atomic E-state index is 0.368. The molecule has 2 N–H and O–H groups in total. The smallest absolute Gasteiger partial charge is 0.118 e. The van der Waals surface area contributed by atoms with Crippen LogP contribution in [-0.4, -0.2) is 18.2 Å². The van der Waals surface area contributed by atoms with Crippen molar-refractivity contribution in [2.24, 2.45) is 0 Å². The van der Waals surface area contributed by atoms with E-state index >= 15 is 0 Å². The number of phenolic OH excluding ortho intramolecular Hbond substituents is 1. The SMILES string of the molecule is C1CCNCC1.Cc1ccccc1O. The van der Waals surface area contributed by atoms with E-state index in [0.29, 0.717) is 5.75 Å². The Balaban J connectivity index is 0.000000146. The van der Waals surface area contributed by atoms with E-state index in [-0.39, 0.29) is 0 Å². The van der Waals surface area contributed by atoms with Crippen LogP contribution in [0.4, 0.5) is 0 Å². The Morgan fingerprint density at radius 3 is 2.00 bits per heavy atom. The van der Waals surface area contributed by atoms with Crippen LogP contribution in [0.2, 0.25) is 0 Å². The summed E-state index contributed by atoms with van der Waals surface area (Å²) in [4.78, 5) is 0. The first-order valence-corrected chi connectivity index (χ1v) is 5.26. The van der Waals surface area contributed by atoms with Gasteiger partial charge in [0.1, 0.15) is 5.75 Å². The Bertz CT molecular complexity index is 224. The Morgan fingerprint density at radius 1 is 1.07 bits per heavy atom. The maximum Gasteiger partial charge on any atom is 0.118 e. The zero-order valence-electron chi connectivity index (χ0n) is 8.79. The molecule has 1 heterocycles. The number of benzene rings is 1. The molecule has 0 unspecified atom stereocenters. The molecular weight excluding hydrogens is 174 g/mol. The molecule has 0 atom stereocenters. The van der Waals surface area contributed by atoms with Crippen molar-refractivity contribution >= 4 is 0 Å². The van der Waals surface area contributed by atoms with Gasteiger partial charge in [0.15, 0.2) is 0 Å². The second-order valence-electron chi connectivity index (χ2n) is 3.60. The van der Waals surface area contributed by atoms with Crippen molar-refractivity contribution in [3.8, 4) is 5.75 Å². The zero-order chi connectivity index (χ0) is 10.2. The monoisotopic (exact) mass is 193 g/mol. The van der Waals surface area contributed by atoms with Crippen LogP contribution in [0.1, 0.15) is 24.8 Å². The van der Waals surface area contributed by atoms with E-state index in [9.17, 15) is 0 Å². The lowest BCUT2D eigenvalue weighted by Crippen LogP contribution is -2.21. The number of para-hydroxylation sites is 1. The molecule has 0 radical (unpaired) electrons. The van der Waals surface area contributed by atoms with Gasteiger partial charge in [-0.1, -0.05) is 24.6 Å². The standard InChI is InChI=1S/C7H8O.C5H11N/c1-6-4-2-3-5-7(6)8;1-2-4-6-5-3-1/h2-5,8H,1H3;6H,1-5H2. The van der Waals surface area contributed by atoms with Crippen molar-refractivity contribution in [1.29, 1.82) is 0 Å². The number of hydrogen-bond acceptors (Lipinski definition) is 2. The molecule has 1 aliphatic heterocycles. The number of aryl methyl sites for hydroxylation is 1. The van der Waals surface area contributed by atoms with Gasteiger partial charge >= 0.3 is 0 Å². The van der Waals surface area contributed by atoms with Gasteiger partial charge in [0.2, 0.25) is 0 Å². The molecule has 0 spiro atoms. The molecule has 1 aliphatic rings. The first-order valence-electron chi connectivity index (χ1n) is 5.26. The van der Waals surface area contributed by atoms with E-state index in [2.05, 4.69) is 5.32 Å². The zero-order valence-corrected chi connectivity index (χ0v) is 8.79. The van der Waals surface area contributed by atoms with Gasteiger partial charge in [-0.15, -0.1) is 0 Å². The van der Waals surface area contributed by atoms with Crippen LogP contribution in [0, 0.1) is 6.92 Å². The minimum atomic E-state index is 0.368. The summed E-state index contributed by atoms with van der Waals surface area (Å²) in [5.74, 6) is 0.368. The Hall–Kier alpha value is -1.02. The van der Waals surface area contributed by atoms with Crippen LogP contribution in [-0.2, 0) is 0 Å². The number of aromatic hydroxyl groups is 1. The third-order valence-electron chi connectivity index (χ3n) is 2.32. The molecule has 1 aromatic rings. The molecule has 1 saturated heterocycles. The summed E-state index contributed by atoms with van der Waals surface area (Å²) in [7, 11) is 0. The molecule has 0 saturated carbocycles. The molecule has 2 nitrogen and oxygen atoms in total. The molecule has 14 heavy (non-hydrogen) atoms. The summed E-state index contributed by atoms with van der Waals surface area (Å²) < 4.78 is 0. The molecule has 78 valence electrons. The fourth-order valence-corrected chi connectivity index (χ4v) is 1.37. The summed E-state index contributed by atoms with van der Waals surface area (Å²) >= 11 is 0. The van der Waals surface area contributed by atoms with Gasteiger partial charge in [-0.2, -0.15) is 0 Å². The average Bonchev–Trinajstić information content (AvgIpc) is 2.26. The van der Waals surface area contributed by atoms with Gasteiger partial charge in [0.05, 0.1) is 0 Å². The van der Waals surface area contributed by atoms with Gasteiger partial charge in [0, 0.05) is 0 Å². The van der Waals surface area contributed by atoms with E-state index in [1.807, 2.05) is 25.1 Å². The predicted octanol–water partition coefficient (Wildman–Crippen LogP) is 2.46. The Labute approximate surface area is 86.0 Å². The maximum atomic E-state index is 8.92. The largest absolute Gasteiger partial charge is 0.508 e. The summed E-state index contributed by atoms with van der Waals surface area (Å²) in [6, 6.07) is 7.25. The highest BCUT2D eigenvalue weighted by Crippen LogP contribution is 2.12. The Kier molecular flexibility index (Phi) is 5.08. The number of piperidine rings is 1. The molecule has 0 bridgehead atoms. The van der Waals surface area contributed by atoms with E-state index in [1.165, 1.54) is 32.4 Å². The van der Waals surface area contributed by atoms with Crippen LogP contribution < -0.4 is 5.32 Å². The first-order chi connectivity index (χ1) is 6.80. The number of rotatable bonds is 0. The van der Waals surface area contributed by atoms with Crippen molar-refractivity contribution in [2.45, 2.75) is 26.2 Å². The summed E-state index contributed by atoms with van der Waals surface area (Å²) in [5.41, 5.74) is 0.924. The second-order valence-corrected chi connectivity index (χ2v) is 3.60. The summed E-state index contributed by atoms with van der Waals surface area (Å²) in [6.45, 7) is 4.37. The molecule has 2 rings (SSSR count). The van der Waals surface area contributed by atoms with Crippen molar-refractivity contribution in [2.75, 3.05) is 13.1 Å². The van der Waals surface area contributed by atoms with Gasteiger partial charge in [-0.25, -0.2) is 0 Å². The van der Waals surface area contributed by atoms with Crippen LogP contribution in [0.3, 0.4) is 0 Å². The molecule has 1 fully saturated rings. The van der Waals surface area contributed by atoms with E-state index in [0.717, 1.165) is 5.56 Å². The molecule has 2 heteroatoms. The molecule has 1 aromatic carbocycles. The van der Waals surface area contributed by atoms with Crippen LogP contribution in [0.25, 0.3) is 0 Å². The Morgan fingerprint density at radius 2 is 1.71 bits per heavy atom. The minimum Gasteiger partial charge on any atom is -0.508 e. The topological polar surface area (TPSA) is 32.3 Å². The fraction of sp³-hybridized carbons (Fsp3) is 0.500. The summed E-state index contributed by atoms with van der Waals surface area (Å²) in [6.07, 6.45) is 4.22. The third-order valence-corrected chi connectivity index (χ3v) is 2.32. The van der Waals surface area contributed by atoms with Gasteiger partial charge in [-0.05, 0) is 44.5 Å². The van der Waals surface area contributed by atoms with Gasteiger partial charge < -0.3 is 10.4 Å². The quantitative estimate of drug-likeness (QED) is 0.663. The second kappa shape index (κ2) is 6.44. The highest BCUT2D eigenvalue weighted by Gasteiger charge is 1.93. The van der Waals surface area contributed by atoms with E-state index in [1.54, 1.807) is 6.07 Å². The summed E-state index contributed by atoms with van der Waals surface area (Å²) in [5, 5.41) is 12.2. The maximum absolute atomic E-state index is 8.92. The number of nitrogens with one attached hydrogen (secondary N) is 1. The highest BCUT2D eigenvalue weighted by atomic mass is 16.3. The van der Waals surface area contributed by atoms with E-state index in [4.69, 9.17) is 5.11 Å². The van der Waals surface area contributed by atoms with Crippen LogP contribution >= 0.6 is 0 Å². The van der Waals surface area contributed by atoms with Crippen molar-refractivity contribution < 1.29 is 5.11 Å². The van der Waals surface area contributed by atoms with Gasteiger partial charge in [-0.3, -0.25) is 0 Å². The predicted molar refractivity (Wildman–Crippen MR) is 59.6 cm³/mol.